The van der Waals surface area contributed by atoms with E-state index in [9.17, 15) is 4.79 Å². The van der Waals surface area contributed by atoms with Crippen molar-refractivity contribution in [1.29, 1.82) is 0 Å². The van der Waals surface area contributed by atoms with Gasteiger partial charge in [0.1, 0.15) is 0 Å². The molecule has 0 aromatic carbocycles. The molecule has 0 aromatic heterocycles. The molecule has 1 saturated heterocycles. The topological polar surface area (TPSA) is 60.0 Å². The molecule has 1 amide bonds. The van der Waals surface area contributed by atoms with Gasteiger partial charge in [-0.05, 0) is 50.9 Å². The number of hydrogen-bond acceptors (Lipinski definition) is 3. The first-order valence-electron chi connectivity index (χ1n) is 9.50. The van der Waals surface area contributed by atoms with Crippen LogP contribution in [0.3, 0.4) is 0 Å². The first kappa shape index (κ1) is 17.5. The second-order valence-electron chi connectivity index (χ2n) is 8.02. The summed E-state index contributed by atoms with van der Waals surface area (Å²) in [4.78, 5) is 20.9. The number of piperazine rings is 1. The summed E-state index contributed by atoms with van der Waals surface area (Å²) in [6, 6.07) is 0.211. The number of aliphatic imine (C=N–C) groups is 1. The SMILES string of the molecule is CN=C(NCC1(C2CC2)CC1)N1CCN(CC(=O)NC(C)C)CC1. The molecule has 3 fully saturated rings. The zero-order chi connectivity index (χ0) is 17.2. The molecule has 0 atom stereocenters. The number of nitrogens with zero attached hydrogens (tertiary/aromatic N) is 3. The van der Waals surface area contributed by atoms with E-state index in [0.29, 0.717) is 12.0 Å². The van der Waals surface area contributed by atoms with Gasteiger partial charge < -0.3 is 15.5 Å². The van der Waals surface area contributed by atoms with Gasteiger partial charge in [-0.2, -0.15) is 0 Å². The molecule has 1 aliphatic heterocycles. The van der Waals surface area contributed by atoms with Crippen LogP contribution in [-0.4, -0.2) is 74.0 Å². The Balaban J connectivity index is 1.40. The molecular formula is C18H33N5O. The third-order valence-corrected chi connectivity index (χ3v) is 5.63. The van der Waals surface area contributed by atoms with Crippen LogP contribution in [0.15, 0.2) is 4.99 Å². The van der Waals surface area contributed by atoms with Gasteiger partial charge in [-0.3, -0.25) is 14.7 Å². The van der Waals surface area contributed by atoms with Crippen molar-refractivity contribution in [3.8, 4) is 0 Å². The van der Waals surface area contributed by atoms with Crippen LogP contribution in [0.2, 0.25) is 0 Å². The second kappa shape index (κ2) is 7.30. The molecule has 3 rings (SSSR count). The van der Waals surface area contributed by atoms with E-state index in [2.05, 4.69) is 25.4 Å². The lowest BCUT2D eigenvalue weighted by molar-refractivity contribution is -0.123. The van der Waals surface area contributed by atoms with E-state index >= 15 is 0 Å². The molecule has 3 aliphatic rings. The maximum absolute atomic E-state index is 11.9. The maximum atomic E-state index is 11.9. The summed E-state index contributed by atoms with van der Waals surface area (Å²) in [5, 5.41) is 6.59. The number of nitrogens with one attached hydrogen (secondary N) is 2. The van der Waals surface area contributed by atoms with E-state index in [4.69, 9.17) is 0 Å². The highest BCUT2D eigenvalue weighted by Crippen LogP contribution is 2.60. The Kier molecular flexibility index (Phi) is 5.33. The second-order valence-corrected chi connectivity index (χ2v) is 8.02. The molecule has 6 nitrogen and oxygen atoms in total. The lowest BCUT2D eigenvalue weighted by Crippen LogP contribution is -2.54. The maximum Gasteiger partial charge on any atom is 0.234 e. The molecule has 0 bridgehead atoms. The van der Waals surface area contributed by atoms with Gasteiger partial charge in [0.2, 0.25) is 5.91 Å². The standard InChI is InChI=1S/C18H33N5O/c1-14(2)21-16(24)12-22-8-10-23(11-9-22)17(19-3)20-13-18(6-7-18)15-4-5-15/h14-15H,4-13H2,1-3H3,(H,19,20)(H,21,24). The minimum atomic E-state index is 0.126. The van der Waals surface area contributed by atoms with Crippen LogP contribution in [0, 0.1) is 11.3 Å². The molecule has 1 heterocycles. The Hall–Kier alpha value is -1.30. The zero-order valence-electron chi connectivity index (χ0n) is 15.5. The predicted molar refractivity (Wildman–Crippen MR) is 97.0 cm³/mol. The Morgan fingerprint density at radius 1 is 1.21 bits per heavy atom. The van der Waals surface area contributed by atoms with E-state index < -0.39 is 0 Å². The van der Waals surface area contributed by atoms with Crippen molar-refractivity contribution < 1.29 is 4.79 Å². The molecule has 0 spiro atoms. The monoisotopic (exact) mass is 335 g/mol. The molecule has 24 heavy (non-hydrogen) atoms. The highest BCUT2D eigenvalue weighted by Gasteiger charge is 2.53. The fourth-order valence-electron chi connectivity index (χ4n) is 3.86. The first-order valence-corrected chi connectivity index (χ1v) is 9.50. The molecule has 0 radical (unpaired) electrons. The lowest BCUT2D eigenvalue weighted by atomic mass is 10.0. The summed E-state index contributed by atoms with van der Waals surface area (Å²) < 4.78 is 0. The summed E-state index contributed by atoms with van der Waals surface area (Å²) in [7, 11) is 1.88. The number of carbonyl (C=O) groups excluding carboxylic acids is 1. The zero-order valence-corrected chi connectivity index (χ0v) is 15.5. The van der Waals surface area contributed by atoms with Crippen LogP contribution >= 0.6 is 0 Å². The fraction of sp³-hybridized carbons (Fsp3) is 0.889. The Labute approximate surface area is 146 Å². The molecule has 0 aromatic rings. The average Bonchev–Trinajstić information content (AvgIpc) is 3.42. The third kappa shape index (κ3) is 4.41. The van der Waals surface area contributed by atoms with E-state index in [1.807, 2.05) is 20.9 Å². The fourth-order valence-corrected chi connectivity index (χ4v) is 3.86. The van der Waals surface area contributed by atoms with Gasteiger partial charge in [0.15, 0.2) is 5.96 Å². The molecule has 6 heteroatoms. The van der Waals surface area contributed by atoms with Gasteiger partial charge in [0.25, 0.3) is 0 Å². The molecule has 136 valence electrons. The van der Waals surface area contributed by atoms with Crippen molar-refractivity contribution in [3.63, 3.8) is 0 Å². The number of amides is 1. The highest BCUT2D eigenvalue weighted by molar-refractivity contribution is 5.80. The summed E-state index contributed by atoms with van der Waals surface area (Å²) in [6.45, 7) is 9.29. The van der Waals surface area contributed by atoms with Crippen molar-refractivity contribution in [2.45, 2.75) is 45.6 Å². The first-order chi connectivity index (χ1) is 11.5. The van der Waals surface area contributed by atoms with Crippen LogP contribution in [0.5, 0.6) is 0 Å². The van der Waals surface area contributed by atoms with Crippen molar-refractivity contribution in [2.24, 2.45) is 16.3 Å². The molecule has 2 N–H and O–H groups in total. The van der Waals surface area contributed by atoms with Gasteiger partial charge >= 0.3 is 0 Å². The quantitative estimate of drug-likeness (QED) is 0.559. The minimum Gasteiger partial charge on any atom is -0.356 e. The predicted octanol–water partition coefficient (Wildman–Crippen LogP) is 0.894. The Bertz CT molecular complexity index is 474. The van der Waals surface area contributed by atoms with Gasteiger partial charge in [-0.15, -0.1) is 0 Å². The number of rotatable bonds is 6. The summed E-state index contributed by atoms with van der Waals surface area (Å²) in [5.74, 6) is 2.13. The largest absolute Gasteiger partial charge is 0.356 e. The van der Waals surface area contributed by atoms with Gasteiger partial charge in [-0.1, -0.05) is 0 Å². The smallest absolute Gasteiger partial charge is 0.234 e. The summed E-state index contributed by atoms with van der Waals surface area (Å²) in [5.41, 5.74) is 0.590. The Morgan fingerprint density at radius 3 is 2.38 bits per heavy atom. The summed E-state index contributed by atoms with van der Waals surface area (Å²) >= 11 is 0. The van der Waals surface area contributed by atoms with Crippen LogP contribution in [0.25, 0.3) is 0 Å². The third-order valence-electron chi connectivity index (χ3n) is 5.63. The number of guanidine groups is 1. The van der Waals surface area contributed by atoms with Crippen LogP contribution in [0.4, 0.5) is 0 Å². The van der Waals surface area contributed by atoms with E-state index in [1.165, 1.54) is 25.7 Å². The van der Waals surface area contributed by atoms with Crippen molar-refractivity contribution in [2.75, 3.05) is 46.3 Å². The normalized spacial score (nSPS) is 24.2. The van der Waals surface area contributed by atoms with Gasteiger partial charge in [0, 0.05) is 45.8 Å². The minimum absolute atomic E-state index is 0.126. The molecular weight excluding hydrogens is 302 g/mol. The van der Waals surface area contributed by atoms with Crippen LogP contribution < -0.4 is 10.6 Å². The van der Waals surface area contributed by atoms with Crippen LogP contribution in [0.1, 0.15) is 39.5 Å². The Morgan fingerprint density at radius 2 is 1.88 bits per heavy atom. The molecule has 2 saturated carbocycles. The molecule has 2 aliphatic carbocycles. The van der Waals surface area contributed by atoms with E-state index in [-0.39, 0.29) is 11.9 Å². The highest BCUT2D eigenvalue weighted by atomic mass is 16.2. The van der Waals surface area contributed by atoms with Crippen molar-refractivity contribution in [3.05, 3.63) is 0 Å². The average molecular weight is 335 g/mol. The van der Waals surface area contributed by atoms with Crippen molar-refractivity contribution >= 4 is 11.9 Å². The molecule has 0 unspecified atom stereocenters. The lowest BCUT2D eigenvalue weighted by Gasteiger charge is -2.36. The van der Waals surface area contributed by atoms with Gasteiger partial charge in [0.05, 0.1) is 6.54 Å². The number of carbonyl (C=O) groups is 1. The van der Waals surface area contributed by atoms with E-state index in [1.54, 1.807) is 0 Å². The summed E-state index contributed by atoms with van der Waals surface area (Å²) in [6.07, 6.45) is 5.63. The van der Waals surface area contributed by atoms with Gasteiger partial charge in [-0.25, -0.2) is 0 Å². The van der Waals surface area contributed by atoms with E-state index in [0.717, 1.165) is 44.6 Å². The van der Waals surface area contributed by atoms with Crippen molar-refractivity contribution in [1.82, 2.24) is 20.4 Å². The van der Waals surface area contributed by atoms with Crippen LogP contribution in [-0.2, 0) is 4.79 Å². The number of hydrogen-bond donors (Lipinski definition) is 2.